The standard InChI is InChI=1S/C41H57N5O12/c1-21(47)43-37(51)32-35(57-22(2)48)33(46(10)11)26-18-24-17-25-28(45(8)9)19-27(44-29(50)20-42-38(4,5)6)34(52-12)31(25)40(53-13-14-54-40)30(24)36(58-23(3)49)39(26,7)41(32)55-15-16-56-41/h19,24,26,33,42H,13-18,20H2,1-12H3,(H,44,50)(H,43,47,51)/t24-,26-,33-,39+/m0/s1. The van der Waals surface area contributed by atoms with Crippen LogP contribution in [0.5, 0.6) is 5.75 Å². The number of benzene rings is 1. The Balaban J connectivity index is 1.71. The van der Waals surface area contributed by atoms with Gasteiger partial charge in [-0.15, -0.1) is 0 Å². The number of likely N-dealkylation sites (N-methyl/N-ethyl adjacent to an activating group) is 1. The van der Waals surface area contributed by atoms with Gasteiger partial charge in [-0.1, -0.05) is 0 Å². The molecule has 1 aromatic rings. The van der Waals surface area contributed by atoms with E-state index in [1.54, 1.807) is 21.0 Å². The zero-order valence-corrected chi connectivity index (χ0v) is 35.6. The number of amides is 3. The van der Waals surface area contributed by atoms with Crippen LogP contribution in [0, 0.1) is 17.3 Å². The second-order valence-corrected chi connectivity index (χ2v) is 17.0. The number of hydrogen-bond donors (Lipinski definition) is 3. The van der Waals surface area contributed by atoms with Gasteiger partial charge in [0.05, 0.1) is 62.8 Å². The number of hydrogen-bond acceptors (Lipinski definition) is 15. The molecule has 58 heavy (non-hydrogen) atoms. The number of ether oxygens (including phenoxy) is 7. The third-order valence-corrected chi connectivity index (χ3v) is 11.5. The molecule has 0 bridgehead atoms. The Morgan fingerprint density at radius 3 is 2.03 bits per heavy atom. The largest absolute Gasteiger partial charge is 0.494 e. The van der Waals surface area contributed by atoms with Gasteiger partial charge in [-0.2, -0.15) is 0 Å². The van der Waals surface area contributed by atoms with Crippen molar-refractivity contribution in [1.82, 2.24) is 15.5 Å². The van der Waals surface area contributed by atoms with E-state index in [-0.39, 0.29) is 61.5 Å². The number of rotatable bonds is 9. The summed E-state index contributed by atoms with van der Waals surface area (Å²) in [5.74, 6) is -7.73. The third-order valence-electron chi connectivity index (χ3n) is 11.5. The van der Waals surface area contributed by atoms with Crippen LogP contribution in [0.2, 0.25) is 0 Å². The fourth-order valence-corrected chi connectivity index (χ4v) is 9.57. The van der Waals surface area contributed by atoms with E-state index in [0.717, 1.165) is 11.3 Å². The maximum atomic E-state index is 14.4. The second-order valence-electron chi connectivity index (χ2n) is 17.0. The molecule has 17 nitrogen and oxygen atoms in total. The molecular formula is C41H57N5O12. The highest BCUT2D eigenvalue weighted by molar-refractivity contribution is 6.06. The zero-order valence-electron chi connectivity index (χ0n) is 35.6. The Morgan fingerprint density at radius 2 is 1.52 bits per heavy atom. The molecule has 5 aliphatic rings. The van der Waals surface area contributed by atoms with Gasteiger partial charge < -0.3 is 48.7 Å². The number of fused-ring (bicyclic) bond motifs is 6. The number of anilines is 2. The fraction of sp³-hybridized carbons (Fsp3) is 0.634. The van der Waals surface area contributed by atoms with Crippen LogP contribution in [-0.4, -0.2) is 120 Å². The summed E-state index contributed by atoms with van der Waals surface area (Å²) in [7, 11) is 8.88. The maximum absolute atomic E-state index is 14.4. The van der Waals surface area contributed by atoms with Crippen LogP contribution < -0.4 is 25.6 Å². The van der Waals surface area contributed by atoms with Crippen LogP contribution in [-0.2, 0) is 64.6 Å². The average Bonchev–Trinajstić information content (AvgIpc) is 3.79. The average molecular weight is 812 g/mol. The molecule has 318 valence electrons. The summed E-state index contributed by atoms with van der Waals surface area (Å²) in [4.78, 5) is 70.5. The summed E-state index contributed by atoms with van der Waals surface area (Å²) in [6, 6.07) is 1.06. The number of esters is 2. The molecule has 3 aliphatic carbocycles. The van der Waals surface area contributed by atoms with Crippen molar-refractivity contribution in [2.75, 3.05) is 78.5 Å². The Kier molecular flexibility index (Phi) is 11.7. The molecule has 0 saturated carbocycles. The van der Waals surface area contributed by atoms with Crippen LogP contribution in [0.3, 0.4) is 0 Å². The van der Waals surface area contributed by atoms with Gasteiger partial charge in [0.25, 0.3) is 5.91 Å². The third kappa shape index (κ3) is 7.08. The van der Waals surface area contributed by atoms with Crippen molar-refractivity contribution in [1.29, 1.82) is 0 Å². The molecule has 4 atom stereocenters. The minimum Gasteiger partial charge on any atom is -0.494 e. The molecule has 3 amide bonds. The first-order valence-corrected chi connectivity index (χ1v) is 19.5. The van der Waals surface area contributed by atoms with Gasteiger partial charge in [-0.05, 0) is 72.2 Å². The summed E-state index contributed by atoms with van der Waals surface area (Å²) in [6.07, 6.45) is 0.722. The SMILES string of the molecule is COc1c(NC(=O)CNC(C)(C)C)cc(N(C)C)c2c1C1(OCCO1)C1=C(OC(C)=O)[C@@]3(C)[C@@H](C[C@@H]1C2)[C@H](N(C)C)C(OC(C)=O)=C(C(=O)NC(C)=O)C31OCCO1. The van der Waals surface area contributed by atoms with E-state index < -0.39 is 58.6 Å². The van der Waals surface area contributed by atoms with Crippen molar-refractivity contribution in [3.63, 3.8) is 0 Å². The summed E-state index contributed by atoms with van der Waals surface area (Å²) in [5.41, 5.74) is 0.812. The summed E-state index contributed by atoms with van der Waals surface area (Å²) in [6.45, 7) is 11.7. The first-order chi connectivity index (χ1) is 27.1. The van der Waals surface area contributed by atoms with E-state index in [1.807, 2.05) is 50.7 Å². The predicted molar refractivity (Wildman–Crippen MR) is 209 cm³/mol. The van der Waals surface area contributed by atoms with Gasteiger partial charge in [0, 0.05) is 57.6 Å². The lowest BCUT2D eigenvalue weighted by Gasteiger charge is -2.60. The van der Waals surface area contributed by atoms with Crippen LogP contribution in [0.15, 0.2) is 28.7 Å². The molecule has 2 fully saturated rings. The Morgan fingerprint density at radius 1 is 0.914 bits per heavy atom. The molecule has 6 rings (SSSR count). The quantitative estimate of drug-likeness (QED) is 0.308. The number of nitrogens with one attached hydrogen (secondary N) is 3. The zero-order chi connectivity index (χ0) is 42.7. The number of nitrogens with zero attached hydrogens (tertiary/aromatic N) is 2. The van der Waals surface area contributed by atoms with Gasteiger partial charge in [0.2, 0.25) is 23.4 Å². The van der Waals surface area contributed by atoms with E-state index in [9.17, 15) is 24.0 Å². The first kappa shape index (κ1) is 43.2. The first-order valence-electron chi connectivity index (χ1n) is 19.5. The van der Waals surface area contributed by atoms with Crippen LogP contribution >= 0.6 is 0 Å². The van der Waals surface area contributed by atoms with Gasteiger partial charge in [0.1, 0.15) is 17.1 Å². The smallest absolute Gasteiger partial charge is 0.307 e. The number of imide groups is 1. The van der Waals surface area contributed by atoms with E-state index in [1.165, 1.54) is 27.9 Å². The Hall–Kier alpha value is -4.39. The van der Waals surface area contributed by atoms with E-state index in [0.29, 0.717) is 35.4 Å². The van der Waals surface area contributed by atoms with Crippen molar-refractivity contribution in [3.05, 3.63) is 39.9 Å². The van der Waals surface area contributed by atoms with Crippen molar-refractivity contribution in [3.8, 4) is 5.75 Å². The Bertz CT molecular complexity index is 1950. The molecule has 2 spiro atoms. The van der Waals surface area contributed by atoms with Gasteiger partial charge in [-0.3, -0.25) is 34.2 Å². The molecule has 2 saturated heterocycles. The molecule has 3 N–H and O–H groups in total. The number of methoxy groups -OCH3 is 1. The van der Waals surface area contributed by atoms with Crippen molar-refractivity contribution < 1.29 is 57.1 Å². The van der Waals surface area contributed by atoms with Crippen LogP contribution in [0.4, 0.5) is 11.4 Å². The lowest BCUT2D eigenvalue weighted by atomic mass is 9.51. The summed E-state index contributed by atoms with van der Waals surface area (Å²) < 4.78 is 45.3. The molecule has 0 radical (unpaired) electrons. The minimum absolute atomic E-state index is 0.0133. The number of carbonyl (C=O) groups excluding carboxylic acids is 5. The molecule has 0 aromatic heterocycles. The Labute approximate surface area is 339 Å². The maximum Gasteiger partial charge on any atom is 0.307 e. The van der Waals surface area contributed by atoms with E-state index in [2.05, 4.69) is 16.0 Å². The predicted octanol–water partition coefficient (Wildman–Crippen LogP) is 2.47. The second kappa shape index (κ2) is 15.7. The van der Waals surface area contributed by atoms with E-state index in [4.69, 9.17) is 33.2 Å². The highest BCUT2D eigenvalue weighted by Crippen LogP contribution is 2.68. The molecule has 0 unspecified atom stereocenters. The minimum atomic E-state index is -2.05. The van der Waals surface area contributed by atoms with Gasteiger partial charge in [-0.25, -0.2) is 0 Å². The molecule has 2 aliphatic heterocycles. The van der Waals surface area contributed by atoms with Crippen LogP contribution in [0.1, 0.15) is 66.0 Å². The highest BCUT2D eigenvalue weighted by Gasteiger charge is 2.74. The molecular weight excluding hydrogens is 754 g/mol. The summed E-state index contributed by atoms with van der Waals surface area (Å²) >= 11 is 0. The molecule has 17 heteroatoms. The van der Waals surface area contributed by atoms with Gasteiger partial charge >= 0.3 is 11.9 Å². The molecule has 1 aromatic carbocycles. The summed E-state index contributed by atoms with van der Waals surface area (Å²) in [5, 5.41) is 8.60. The van der Waals surface area contributed by atoms with Crippen LogP contribution in [0.25, 0.3) is 0 Å². The number of carbonyl (C=O) groups is 5. The van der Waals surface area contributed by atoms with Crippen molar-refractivity contribution in [2.24, 2.45) is 17.3 Å². The lowest BCUT2D eigenvalue weighted by Crippen LogP contribution is -2.68. The fourth-order valence-electron chi connectivity index (χ4n) is 9.57. The van der Waals surface area contributed by atoms with Crippen molar-refractivity contribution >= 4 is 41.0 Å². The van der Waals surface area contributed by atoms with Crippen molar-refractivity contribution in [2.45, 2.75) is 84.5 Å². The van der Waals surface area contributed by atoms with E-state index >= 15 is 0 Å². The monoisotopic (exact) mass is 811 g/mol. The topological polar surface area (TPSA) is 193 Å². The molecule has 2 heterocycles. The highest BCUT2D eigenvalue weighted by atomic mass is 16.7. The van der Waals surface area contributed by atoms with Gasteiger partial charge in [0.15, 0.2) is 5.75 Å². The normalized spacial score (nSPS) is 25.6. The lowest BCUT2D eigenvalue weighted by molar-refractivity contribution is -0.247.